The van der Waals surface area contributed by atoms with Gasteiger partial charge in [0.2, 0.25) is 0 Å². The van der Waals surface area contributed by atoms with Gasteiger partial charge in [-0.3, -0.25) is 0 Å². The maximum Gasteiger partial charge on any atom is 0.153 e. The van der Waals surface area contributed by atoms with E-state index < -0.39 is 9.84 Å². The van der Waals surface area contributed by atoms with Crippen molar-refractivity contribution >= 4 is 9.84 Å². The number of nitrogens with one attached hydrogen (secondary N) is 2. The molecule has 0 aliphatic carbocycles. The lowest BCUT2D eigenvalue weighted by Gasteiger charge is -2.45. The Hall–Kier alpha value is -0.130. The van der Waals surface area contributed by atoms with Crippen molar-refractivity contribution in [2.24, 2.45) is 0 Å². The minimum Gasteiger partial charge on any atom is -0.313 e. The highest BCUT2D eigenvalue weighted by molar-refractivity contribution is 7.91. The van der Waals surface area contributed by atoms with Crippen LogP contribution in [0, 0.1) is 0 Å². The van der Waals surface area contributed by atoms with Crippen LogP contribution in [-0.4, -0.2) is 45.1 Å². The highest BCUT2D eigenvalue weighted by Gasteiger charge is 2.43. The Morgan fingerprint density at radius 3 is 2.36 bits per heavy atom. The van der Waals surface area contributed by atoms with Crippen molar-refractivity contribution in [2.45, 2.75) is 5.54 Å². The highest BCUT2D eigenvalue weighted by Crippen LogP contribution is 2.17. The van der Waals surface area contributed by atoms with Gasteiger partial charge in [-0.25, -0.2) is 8.42 Å². The average molecular weight is 176 g/mol. The van der Waals surface area contributed by atoms with Crippen LogP contribution in [-0.2, 0) is 9.84 Å². The first-order valence-electron chi connectivity index (χ1n) is 3.78. The fraction of sp³-hybridized carbons (Fsp3) is 1.00. The number of sulfone groups is 1. The highest BCUT2D eigenvalue weighted by atomic mass is 32.2. The molecule has 2 saturated heterocycles. The Morgan fingerprint density at radius 2 is 2.00 bits per heavy atom. The first-order valence-corrected chi connectivity index (χ1v) is 5.60. The van der Waals surface area contributed by atoms with Gasteiger partial charge in [-0.15, -0.1) is 0 Å². The average Bonchev–Trinajstić information content (AvgIpc) is 1.82. The summed E-state index contributed by atoms with van der Waals surface area (Å²) in [6, 6.07) is 0. The van der Waals surface area contributed by atoms with Crippen LogP contribution in [0.5, 0.6) is 0 Å². The van der Waals surface area contributed by atoms with Gasteiger partial charge in [0, 0.05) is 19.6 Å². The van der Waals surface area contributed by atoms with Gasteiger partial charge in [-0.05, 0) is 0 Å². The van der Waals surface area contributed by atoms with Crippen LogP contribution in [0.15, 0.2) is 0 Å². The fourth-order valence-corrected chi connectivity index (χ4v) is 3.38. The molecule has 0 bridgehead atoms. The molecule has 64 valence electrons. The first-order chi connectivity index (χ1) is 5.12. The van der Waals surface area contributed by atoms with Crippen LogP contribution in [0.1, 0.15) is 0 Å². The van der Waals surface area contributed by atoms with Gasteiger partial charge in [-0.2, -0.15) is 0 Å². The maximum absolute atomic E-state index is 11.2. The smallest absolute Gasteiger partial charge is 0.153 e. The lowest BCUT2D eigenvalue weighted by atomic mass is 9.95. The summed E-state index contributed by atoms with van der Waals surface area (Å²) in [6.07, 6.45) is 0. The van der Waals surface area contributed by atoms with Crippen LogP contribution >= 0.6 is 0 Å². The standard InChI is InChI=1S/C6H12N2O2S/c9-11(10)2-1-8-6(5-11)3-7-4-6/h7-8H,1-5H2. The molecule has 2 aliphatic heterocycles. The molecule has 0 amide bonds. The van der Waals surface area contributed by atoms with Crippen molar-refractivity contribution in [3.63, 3.8) is 0 Å². The van der Waals surface area contributed by atoms with E-state index in [1.165, 1.54) is 0 Å². The molecule has 0 atom stereocenters. The lowest BCUT2D eigenvalue weighted by molar-refractivity contribution is 0.239. The van der Waals surface area contributed by atoms with Crippen molar-refractivity contribution in [3.8, 4) is 0 Å². The summed E-state index contributed by atoms with van der Waals surface area (Å²) in [6.45, 7) is 2.21. The predicted molar refractivity (Wildman–Crippen MR) is 42.3 cm³/mol. The Labute approximate surface area is 66.3 Å². The van der Waals surface area contributed by atoms with E-state index in [1.54, 1.807) is 0 Å². The molecule has 5 heteroatoms. The van der Waals surface area contributed by atoms with E-state index in [1.807, 2.05) is 0 Å². The molecule has 2 heterocycles. The Kier molecular flexibility index (Phi) is 1.49. The van der Waals surface area contributed by atoms with Crippen molar-refractivity contribution in [1.29, 1.82) is 0 Å². The number of rotatable bonds is 0. The SMILES string of the molecule is O=S1(=O)CCNC2(CNC2)C1. The van der Waals surface area contributed by atoms with E-state index in [9.17, 15) is 8.42 Å². The zero-order valence-corrected chi connectivity index (χ0v) is 7.08. The van der Waals surface area contributed by atoms with Gasteiger partial charge in [0.05, 0.1) is 17.0 Å². The summed E-state index contributed by atoms with van der Waals surface area (Å²) in [5.74, 6) is 0.613. The zero-order valence-electron chi connectivity index (χ0n) is 6.26. The Balaban J connectivity index is 2.15. The predicted octanol–water partition coefficient (Wildman–Crippen LogP) is -1.65. The molecule has 0 saturated carbocycles. The largest absolute Gasteiger partial charge is 0.313 e. The molecule has 0 radical (unpaired) electrons. The molecule has 2 aliphatic rings. The molecular formula is C6H12N2O2S. The molecule has 0 aromatic carbocycles. The van der Waals surface area contributed by atoms with Gasteiger partial charge < -0.3 is 10.6 Å². The van der Waals surface area contributed by atoms with E-state index >= 15 is 0 Å². The number of hydrogen-bond acceptors (Lipinski definition) is 4. The fourth-order valence-electron chi connectivity index (χ4n) is 1.67. The van der Waals surface area contributed by atoms with Gasteiger partial charge in [-0.1, -0.05) is 0 Å². The van der Waals surface area contributed by atoms with Gasteiger partial charge >= 0.3 is 0 Å². The van der Waals surface area contributed by atoms with E-state index in [0.717, 1.165) is 13.1 Å². The first kappa shape index (κ1) is 7.52. The van der Waals surface area contributed by atoms with Crippen LogP contribution < -0.4 is 10.6 Å². The van der Waals surface area contributed by atoms with Gasteiger partial charge in [0.1, 0.15) is 0 Å². The minimum atomic E-state index is -2.75. The quantitative estimate of drug-likeness (QED) is 0.464. The summed E-state index contributed by atoms with van der Waals surface area (Å²) in [4.78, 5) is 0. The molecule has 2 N–H and O–H groups in total. The summed E-state index contributed by atoms with van der Waals surface area (Å²) in [7, 11) is -2.75. The number of hydrogen-bond donors (Lipinski definition) is 2. The molecule has 0 unspecified atom stereocenters. The summed E-state index contributed by atoms with van der Waals surface area (Å²) in [5, 5.41) is 6.33. The van der Waals surface area contributed by atoms with Crippen molar-refractivity contribution in [3.05, 3.63) is 0 Å². The molecule has 0 aromatic heterocycles. The normalized spacial score (nSPS) is 33.1. The van der Waals surface area contributed by atoms with Crippen LogP contribution in [0.25, 0.3) is 0 Å². The molecule has 4 nitrogen and oxygen atoms in total. The Morgan fingerprint density at radius 1 is 1.27 bits per heavy atom. The van der Waals surface area contributed by atoms with E-state index in [2.05, 4.69) is 10.6 Å². The third kappa shape index (κ3) is 1.28. The molecule has 2 fully saturated rings. The van der Waals surface area contributed by atoms with Gasteiger partial charge in [0.25, 0.3) is 0 Å². The molecule has 11 heavy (non-hydrogen) atoms. The van der Waals surface area contributed by atoms with Gasteiger partial charge in [0.15, 0.2) is 9.84 Å². The monoisotopic (exact) mass is 176 g/mol. The van der Waals surface area contributed by atoms with Crippen LogP contribution in [0.4, 0.5) is 0 Å². The second kappa shape index (κ2) is 2.18. The second-order valence-electron chi connectivity index (χ2n) is 3.40. The Bertz CT molecular complexity index is 256. The summed E-state index contributed by atoms with van der Waals surface area (Å²) >= 11 is 0. The zero-order chi connectivity index (χ0) is 7.95. The molecule has 0 aromatic rings. The van der Waals surface area contributed by atoms with E-state index in [-0.39, 0.29) is 5.54 Å². The minimum absolute atomic E-state index is 0.114. The third-order valence-corrected chi connectivity index (χ3v) is 4.15. The van der Waals surface area contributed by atoms with E-state index in [4.69, 9.17) is 0 Å². The lowest BCUT2D eigenvalue weighted by Crippen LogP contribution is -2.73. The summed E-state index contributed by atoms with van der Waals surface area (Å²) in [5.41, 5.74) is -0.114. The molecular weight excluding hydrogens is 164 g/mol. The van der Waals surface area contributed by atoms with Crippen molar-refractivity contribution in [1.82, 2.24) is 10.6 Å². The second-order valence-corrected chi connectivity index (χ2v) is 5.59. The molecule has 2 rings (SSSR count). The summed E-state index contributed by atoms with van der Waals surface area (Å²) < 4.78 is 22.4. The van der Waals surface area contributed by atoms with Crippen LogP contribution in [0.3, 0.4) is 0 Å². The van der Waals surface area contributed by atoms with Crippen molar-refractivity contribution in [2.75, 3.05) is 31.1 Å². The van der Waals surface area contributed by atoms with Crippen molar-refractivity contribution < 1.29 is 8.42 Å². The van der Waals surface area contributed by atoms with E-state index in [0.29, 0.717) is 18.1 Å². The molecule has 1 spiro atoms. The third-order valence-electron chi connectivity index (χ3n) is 2.34. The maximum atomic E-state index is 11.2. The topological polar surface area (TPSA) is 58.2 Å². The van der Waals surface area contributed by atoms with Crippen LogP contribution in [0.2, 0.25) is 0 Å².